The minimum Gasteiger partial charge on any atom is -0.465 e. The topological polar surface area (TPSA) is 140 Å². The third-order valence-corrected chi connectivity index (χ3v) is 5.99. The van der Waals surface area contributed by atoms with Gasteiger partial charge in [0.05, 0.1) is 12.1 Å². The van der Waals surface area contributed by atoms with E-state index in [4.69, 9.17) is 27.8 Å². The van der Waals surface area contributed by atoms with Gasteiger partial charge in [-0.25, -0.2) is 4.39 Å². The Labute approximate surface area is 213 Å². The molecule has 1 heterocycles. The molecule has 0 aliphatic carbocycles. The molecule has 3 aromatic rings. The first kappa shape index (κ1) is 27.3. The number of nitrogens with one attached hydrogen (secondary N) is 2. The van der Waals surface area contributed by atoms with Crippen molar-refractivity contribution >= 4 is 34.4 Å². The first-order chi connectivity index (χ1) is 17.3. The predicted molar refractivity (Wildman–Crippen MR) is 137 cm³/mol. The summed E-state index contributed by atoms with van der Waals surface area (Å²) >= 11 is 5.87. The van der Waals surface area contributed by atoms with Gasteiger partial charge in [-0.3, -0.25) is 14.4 Å². The number of hydrogen-bond donors (Lipinski definition) is 4. The molecule has 36 heavy (non-hydrogen) atoms. The molecule has 1 atom stereocenters. The second kappa shape index (κ2) is 13.2. The maximum atomic E-state index is 14.7. The fraction of sp³-hybridized carbons (Fsp3) is 0.346. The van der Waals surface area contributed by atoms with Crippen LogP contribution in [0.1, 0.15) is 47.2 Å². The van der Waals surface area contributed by atoms with Crippen LogP contribution in [0.2, 0.25) is 5.02 Å². The second-order valence-corrected chi connectivity index (χ2v) is 8.94. The summed E-state index contributed by atoms with van der Waals surface area (Å²) in [6.45, 7) is 0.867. The van der Waals surface area contributed by atoms with Crippen LogP contribution in [0.3, 0.4) is 0 Å². The van der Waals surface area contributed by atoms with Gasteiger partial charge in [0.15, 0.2) is 0 Å². The van der Waals surface area contributed by atoms with E-state index in [1.807, 2.05) is 0 Å². The number of nitrogens with two attached hydrogens (primary N) is 2. The van der Waals surface area contributed by atoms with Crippen molar-refractivity contribution in [2.45, 2.75) is 44.7 Å². The van der Waals surface area contributed by atoms with Gasteiger partial charge in [-0.05, 0) is 67.6 Å². The van der Waals surface area contributed by atoms with Crippen LogP contribution in [0.15, 0.2) is 47.4 Å². The monoisotopic (exact) mass is 516 g/mol. The Kier molecular flexibility index (Phi) is 9.98. The molecule has 3 rings (SSSR count). The standard InChI is InChI=1S/C26H30ClFN4O4/c27-18-8-6-16(7-9-18)14-32-25(34)20-15-31-23-19(24(20)33)12-17(13-21(23)28)4-3-11-36-26(35)22(30)5-1-2-10-29/h6-9,12-13,15,22H,1-5,10-11,14,29-30H2,(H,31,33)(H,32,34). The quantitative estimate of drug-likeness (QED) is 0.215. The van der Waals surface area contributed by atoms with Crippen LogP contribution < -0.4 is 22.2 Å². The summed E-state index contributed by atoms with van der Waals surface area (Å²) in [4.78, 5) is 40.3. The molecule has 6 N–H and O–H groups in total. The first-order valence-electron chi connectivity index (χ1n) is 11.8. The van der Waals surface area contributed by atoms with Gasteiger partial charge >= 0.3 is 5.97 Å². The first-order valence-corrected chi connectivity index (χ1v) is 12.2. The molecule has 0 spiro atoms. The molecule has 0 aliphatic heterocycles. The van der Waals surface area contributed by atoms with E-state index in [0.717, 1.165) is 18.4 Å². The van der Waals surface area contributed by atoms with Gasteiger partial charge in [-0.1, -0.05) is 30.2 Å². The van der Waals surface area contributed by atoms with Crippen molar-refractivity contribution in [3.8, 4) is 0 Å². The molecular formula is C26H30ClFN4O4. The smallest absolute Gasteiger partial charge is 0.322 e. The van der Waals surface area contributed by atoms with E-state index < -0.39 is 29.2 Å². The summed E-state index contributed by atoms with van der Waals surface area (Å²) in [6.07, 6.45) is 4.05. The van der Waals surface area contributed by atoms with Gasteiger partial charge in [0, 0.05) is 23.2 Å². The minimum absolute atomic E-state index is 0.0212. The third-order valence-electron chi connectivity index (χ3n) is 5.74. The van der Waals surface area contributed by atoms with E-state index in [9.17, 15) is 18.8 Å². The normalized spacial score (nSPS) is 11.9. The SMILES string of the molecule is NCCCCC(N)C(=O)OCCCc1cc(F)c2[nH]cc(C(=O)NCc3ccc(Cl)cc3)c(=O)c2c1. The van der Waals surface area contributed by atoms with E-state index in [1.165, 1.54) is 12.3 Å². The van der Waals surface area contributed by atoms with Crippen molar-refractivity contribution < 1.29 is 18.7 Å². The number of aromatic amines is 1. The van der Waals surface area contributed by atoms with Crippen molar-refractivity contribution in [3.05, 3.63) is 80.3 Å². The van der Waals surface area contributed by atoms with Gasteiger partial charge in [-0.15, -0.1) is 0 Å². The molecule has 2 aromatic carbocycles. The second-order valence-electron chi connectivity index (χ2n) is 8.50. The highest BCUT2D eigenvalue weighted by molar-refractivity contribution is 6.30. The number of benzene rings is 2. The molecule has 1 amide bonds. The highest BCUT2D eigenvalue weighted by atomic mass is 35.5. The highest BCUT2D eigenvalue weighted by Crippen LogP contribution is 2.18. The zero-order valence-corrected chi connectivity index (χ0v) is 20.6. The Morgan fingerprint density at radius 1 is 1.11 bits per heavy atom. The van der Waals surface area contributed by atoms with E-state index in [0.29, 0.717) is 36.4 Å². The summed E-state index contributed by atoms with van der Waals surface area (Å²) in [6, 6.07) is 9.11. The van der Waals surface area contributed by atoms with Crippen LogP contribution in [-0.2, 0) is 22.5 Å². The zero-order chi connectivity index (χ0) is 26.1. The number of aromatic nitrogens is 1. The molecule has 0 radical (unpaired) electrons. The van der Waals surface area contributed by atoms with Gasteiger partial charge in [0.25, 0.3) is 5.91 Å². The molecule has 0 aliphatic rings. The van der Waals surface area contributed by atoms with Crippen LogP contribution in [-0.4, -0.2) is 36.1 Å². The number of pyridine rings is 1. The van der Waals surface area contributed by atoms with E-state index >= 15 is 0 Å². The van der Waals surface area contributed by atoms with Crippen LogP contribution in [0.4, 0.5) is 4.39 Å². The minimum atomic E-state index is -0.697. The number of H-pyrrole nitrogens is 1. The average molecular weight is 517 g/mol. The molecule has 10 heteroatoms. The highest BCUT2D eigenvalue weighted by Gasteiger charge is 2.17. The average Bonchev–Trinajstić information content (AvgIpc) is 2.86. The van der Waals surface area contributed by atoms with Crippen LogP contribution in [0.25, 0.3) is 10.9 Å². The Balaban J connectivity index is 1.62. The lowest BCUT2D eigenvalue weighted by atomic mass is 10.0. The van der Waals surface area contributed by atoms with Crippen molar-refractivity contribution in [1.29, 1.82) is 0 Å². The lowest BCUT2D eigenvalue weighted by Gasteiger charge is -2.11. The van der Waals surface area contributed by atoms with Crippen molar-refractivity contribution in [2.24, 2.45) is 11.5 Å². The van der Waals surface area contributed by atoms with Crippen LogP contribution in [0, 0.1) is 5.82 Å². The van der Waals surface area contributed by atoms with E-state index in [2.05, 4.69) is 10.3 Å². The Bertz CT molecular complexity index is 1260. The Morgan fingerprint density at radius 3 is 2.58 bits per heavy atom. The van der Waals surface area contributed by atoms with Crippen LogP contribution in [0.5, 0.6) is 0 Å². The number of carbonyl (C=O) groups excluding carboxylic acids is 2. The molecule has 0 saturated carbocycles. The van der Waals surface area contributed by atoms with Gasteiger partial charge in [0.2, 0.25) is 5.43 Å². The molecule has 1 aromatic heterocycles. The van der Waals surface area contributed by atoms with Crippen molar-refractivity contribution in [1.82, 2.24) is 10.3 Å². The largest absolute Gasteiger partial charge is 0.465 e. The lowest BCUT2D eigenvalue weighted by Crippen LogP contribution is -2.32. The van der Waals surface area contributed by atoms with Crippen LogP contribution >= 0.6 is 11.6 Å². The summed E-state index contributed by atoms with van der Waals surface area (Å²) in [7, 11) is 0. The third kappa shape index (κ3) is 7.36. The molecule has 0 fully saturated rings. The van der Waals surface area contributed by atoms with E-state index in [1.54, 1.807) is 30.3 Å². The zero-order valence-electron chi connectivity index (χ0n) is 19.8. The molecular weight excluding hydrogens is 487 g/mol. The number of amides is 1. The number of hydrogen-bond acceptors (Lipinski definition) is 6. The molecule has 192 valence electrons. The van der Waals surface area contributed by atoms with Gasteiger partial charge in [-0.2, -0.15) is 0 Å². The Morgan fingerprint density at radius 2 is 1.86 bits per heavy atom. The molecule has 1 unspecified atom stereocenters. The van der Waals surface area contributed by atoms with E-state index in [-0.39, 0.29) is 29.6 Å². The summed E-state index contributed by atoms with van der Waals surface area (Å²) < 4.78 is 19.9. The van der Waals surface area contributed by atoms with Crippen molar-refractivity contribution in [2.75, 3.05) is 13.2 Å². The summed E-state index contributed by atoms with van der Waals surface area (Å²) in [5, 5.41) is 3.34. The number of halogens is 2. The Hall–Kier alpha value is -3.27. The number of rotatable bonds is 12. The number of unbranched alkanes of at least 4 members (excludes halogenated alkanes) is 1. The fourth-order valence-corrected chi connectivity index (χ4v) is 3.84. The number of aryl methyl sites for hydroxylation is 1. The van der Waals surface area contributed by atoms with Gasteiger partial charge < -0.3 is 26.5 Å². The molecule has 8 nitrogen and oxygen atoms in total. The fourth-order valence-electron chi connectivity index (χ4n) is 3.72. The van der Waals surface area contributed by atoms with Crippen molar-refractivity contribution in [3.63, 3.8) is 0 Å². The molecule has 0 bridgehead atoms. The lowest BCUT2D eigenvalue weighted by molar-refractivity contribution is -0.145. The number of esters is 1. The number of ether oxygens (including phenoxy) is 1. The predicted octanol–water partition coefficient (Wildman–Crippen LogP) is 3.18. The maximum absolute atomic E-state index is 14.7. The number of carbonyl (C=O) groups is 2. The summed E-state index contributed by atoms with van der Waals surface area (Å²) in [5.74, 6) is -1.66. The number of fused-ring (bicyclic) bond motifs is 1. The summed E-state index contributed by atoms with van der Waals surface area (Å²) in [5.41, 5.74) is 11.9. The maximum Gasteiger partial charge on any atom is 0.322 e. The molecule has 0 saturated heterocycles. The van der Waals surface area contributed by atoms with Gasteiger partial charge in [0.1, 0.15) is 17.4 Å².